The Labute approximate surface area is 105 Å². The Balaban J connectivity index is 2.11. The largest absolute Gasteiger partial charge is 0.398 e. The number of nitrogen functional groups attached to an aromatic ring is 1. The fraction of sp³-hybridized carbons (Fsp3) is 0.250. The molecule has 0 bridgehead atoms. The molecule has 4 nitrogen and oxygen atoms in total. The summed E-state index contributed by atoms with van der Waals surface area (Å²) in [6.07, 6.45) is 1.79. The van der Waals surface area contributed by atoms with E-state index in [1.54, 1.807) is 17.5 Å². The van der Waals surface area contributed by atoms with Gasteiger partial charge in [0.25, 0.3) is 0 Å². The standard InChI is InChI=1S/C12H16N4S/c1-16(2)12-10(4-3-6-14-12)15-8-11-9(13)5-7-17-11/h3-7,15H,8,13H2,1-2H3. The zero-order valence-corrected chi connectivity index (χ0v) is 10.8. The van der Waals surface area contributed by atoms with Crippen LogP contribution in [0.3, 0.4) is 0 Å². The number of hydrogen-bond donors (Lipinski definition) is 2. The van der Waals surface area contributed by atoms with Crippen molar-refractivity contribution in [3.63, 3.8) is 0 Å². The topological polar surface area (TPSA) is 54.2 Å². The Hall–Kier alpha value is -1.75. The lowest BCUT2D eigenvalue weighted by molar-refractivity contribution is 1.05. The van der Waals surface area contributed by atoms with Crippen molar-refractivity contribution in [3.05, 3.63) is 34.7 Å². The molecule has 2 aromatic rings. The lowest BCUT2D eigenvalue weighted by Crippen LogP contribution is -2.13. The molecule has 0 aromatic carbocycles. The zero-order valence-electron chi connectivity index (χ0n) is 9.97. The van der Waals surface area contributed by atoms with E-state index in [0.717, 1.165) is 28.6 Å². The van der Waals surface area contributed by atoms with Gasteiger partial charge in [-0.15, -0.1) is 11.3 Å². The predicted molar refractivity (Wildman–Crippen MR) is 74.6 cm³/mol. The summed E-state index contributed by atoms with van der Waals surface area (Å²) in [5, 5.41) is 5.37. The van der Waals surface area contributed by atoms with Crippen molar-refractivity contribution < 1.29 is 0 Å². The lowest BCUT2D eigenvalue weighted by atomic mass is 10.3. The molecule has 0 saturated carbocycles. The van der Waals surface area contributed by atoms with Gasteiger partial charge in [0, 0.05) is 30.9 Å². The Bertz CT molecular complexity index is 493. The van der Waals surface area contributed by atoms with Crippen LogP contribution in [0, 0.1) is 0 Å². The summed E-state index contributed by atoms with van der Waals surface area (Å²) in [6, 6.07) is 5.87. The fourth-order valence-corrected chi connectivity index (χ4v) is 2.30. The average Bonchev–Trinajstić information content (AvgIpc) is 2.72. The molecule has 90 valence electrons. The lowest BCUT2D eigenvalue weighted by Gasteiger charge is -2.16. The van der Waals surface area contributed by atoms with E-state index in [-0.39, 0.29) is 0 Å². The molecular weight excluding hydrogens is 232 g/mol. The van der Waals surface area contributed by atoms with Crippen molar-refractivity contribution >= 4 is 28.5 Å². The second kappa shape index (κ2) is 5.05. The first-order chi connectivity index (χ1) is 8.18. The maximum absolute atomic E-state index is 5.85. The van der Waals surface area contributed by atoms with Gasteiger partial charge in [0.15, 0.2) is 5.82 Å². The molecule has 0 atom stereocenters. The van der Waals surface area contributed by atoms with Gasteiger partial charge in [-0.2, -0.15) is 0 Å². The van der Waals surface area contributed by atoms with Crippen LogP contribution in [0.2, 0.25) is 0 Å². The number of hydrogen-bond acceptors (Lipinski definition) is 5. The number of rotatable bonds is 4. The molecule has 0 spiro atoms. The second-order valence-electron chi connectivity index (χ2n) is 3.92. The molecule has 17 heavy (non-hydrogen) atoms. The highest BCUT2D eigenvalue weighted by molar-refractivity contribution is 7.10. The van der Waals surface area contributed by atoms with Gasteiger partial charge in [-0.1, -0.05) is 0 Å². The van der Waals surface area contributed by atoms with E-state index < -0.39 is 0 Å². The molecule has 0 unspecified atom stereocenters. The Morgan fingerprint density at radius 2 is 2.24 bits per heavy atom. The Kier molecular flexibility index (Phi) is 3.49. The Morgan fingerprint density at radius 1 is 1.41 bits per heavy atom. The van der Waals surface area contributed by atoms with Crippen LogP contribution in [-0.4, -0.2) is 19.1 Å². The minimum atomic E-state index is 0.732. The molecule has 2 rings (SSSR count). The van der Waals surface area contributed by atoms with Gasteiger partial charge in [-0.3, -0.25) is 0 Å². The summed E-state index contributed by atoms with van der Waals surface area (Å²) in [7, 11) is 3.96. The molecule has 0 aliphatic rings. The highest BCUT2D eigenvalue weighted by atomic mass is 32.1. The number of pyridine rings is 1. The number of thiophene rings is 1. The van der Waals surface area contributed by atoms with E-state index >= 15 is 0 Å². The quantitative estimate of drug-likeness (QED) is 0.872. The third kappa shape index (κ3) is 2.68. The van der Waals surface area contributed by atoms with Crippen LogP contribution in [0.5, 0.6) is 0 Å². The summed E-state index contributed by atoms with van der Waals surface area (Å²) >= 11 is 1.66. The minimum absolute atomic E-state index is 0.732. The van der Waals surface area contributed by atoms with Crippen molar-refractivity contribution in [2.75, 3.05) is 30.0 Å². The van der Waals surface area contributed by atoms with Gasteiger partial charge in [-0.05, 0) is 23.6 Å². The predicted octanol–water partition coefficient (Wildman–Crippen LogP) is 2.40. The second-order valence-corrected chi connectivity index (χ2v) is 4.92. The molecular formula is C12H16N4S. The van der Waals surface area contributed by atoms with Crippen LogP contribution < -0.4 is 16.0 Å². The number of nitrogens with two attached hydrogens (primary N) is 1. The third-order valence-corrected chi connectivity index (χ3v) is 3.37. The summed E-state index contributed by atoms with van der Waals surface area (Å²) < 4.78 is 0. The van der Waals surface area contributed by atoms with E-state index in [9.17, 15) is 0 Å². The first-order valence-electron chi connectivity index (χ1n) is 5.36. The number of aromatic nitrogens is 1. The van der Waals surface area contributed by atoms with Crippen LogP contribution in [0.4, 0.5) is 17.2 Å². The smallest absolute Gasteiger partial charge is 0.151 e. The highest BCUT2D eigenvalue weighted by Gasteiger charge is 2.06. The molecule has 0 radical (unpaired) electrons. The zero-order chi connectivity index (χ0) is 12.3. The van der Waals surface area contributed by atoms with Crippen molar-refractivity contribution in [1.29, 1.82) is 0 Å². The van der Waals surface area contributed by atoms with Gasteiger partial charge in [0.05, 0.1) is 12.2 Å². The van der Waals surface area contributed by atoms with Crippen LogP contribution in [0.1, 0.15) is 4.88 Å². The van der Waals surface area contributed by atoms with Crippen LogP contribution in [-0.2, 0) is 6.54 Å². The van der Waals surface area contributed by atoms with Crippen LogP contribution in [0.15, 0.2) is 29.8 Å². The first kappa shape index (κ1) is 11.7. The van der Waals surface area contributed by atoms with E-state index in [0.29, 0.717) is 0 Å². The molecule has 2 heterocycles. The van der Waals surface area contributed by atoms with Gasteiger partial charge < -0.3 is 16.0 Å². The summed E-state index contributed by atoms with van der Waals surface area (Å²) in [6.45, 7) is 0.732. The molecule has 0 aliphatic carbocycles. The first-order valence-corrected chi connectivity index (χ1v) is 6.24. The molecule has 0 amide bonds. The van der Waals surface area contributed by atoms with Gasteiger partial charge >= 0.3 is 0 Å². The molecule has 3 N–H and O–H groups in total. The van der Waals surface area contributed by atoms with Gasteiger partial charge in [-0.25, -0.2) is 4.98 Å². The van der Waals surface area contributed by atoms with Crippen LogP contribution >= 0.6 is 11.3 Å². The van der Waals surface area contributed by atoms with E-state index in [2.05, 4.69) is 10.3 Å². The maximum atomic E-state index is 5.85. The highest BCUT2D eigenvalue weighted by Crippen LogP contribution is 2.24. The van der Waals surface area contributed by atoms with Gasteiger partial charge in [0.1, 0.15) is 0 Å². The number of anilines is 3. The Morgan fingerprint density at radius 3 is 2.88 bits per heavy atom. The van der Waals surface area contributed by atoms with Crippen LogP contribution in [0.25, 0.3) is 0 Å². The van der Waals surface area contributed by atoms with Crippen molar-refractivity contribution in [2.24, 2.45) is 0 Å². The summed E-state index contributed by atoms with van der Waals surface area (Å²) in [4.78, 5) is 7.47. The average molecular weight is 248 g/mol. The molecule has 5 heteroatoms. The van der Waals surface area contributed by atoms with E-state index in [1.807, 2.05) is 42.6 Å². The fourth-order valence-electron chi connectivity index (χ4n) is 1.56. The monoisotopic (exact) mass is 248 g/mol. The molecule has 0 fully saturated rings. The molecule has 2 aromatic heterocycles. The SMILES string of the molecule is CN(C)c1ncccc1NCc1sccc1N. The van der Waals surface area contributed by atoms with Crippen molar-refractivity contribution in [2.45, 2.75) is 6.54 Å². The van der Waals surface area contributed by atoms with E-state index in [4.69, 9.17) is 5.73 Å². The maximum Gasteiger partial charge on any atom is 0.151 e. The third-order valence-electron chi connectivity index (χ3n) is 2.43. The summed E-state index contributed by atoms with van der Waals surface area (Å²) in [5.41, 5.74) is 7.71. The molecule has 0 saturated heterocycles. The van der Waals surface area contributed by atoms with Crippen molar-refractivity contribution in [1.82, 2.24) is 4.98 Å². The van der Waals surface area contributed by atoms with E-state index in [1.165, 1.54) is 0 Å². The number of nitrogens with zero attached hydrogens (tertiary/aromatic N) is 2. The minimum Gasteiger partial charge on any atom is -0.398 e. The summed E-state index contributed by atoms with van der Waals surface area (Å²) in [5.74, 6) is 0.933. The normalized spacial score (nSPS) is 10.2. The molecule has 0 aliphatic heterocycles. The number of nitrogens with one attached hydrogen (secondary N) is 1. The van der Waals surface area contributed by atoms with Crippen molar-refractivity contribution in [3.8, 4) is 0 Å². The van der Waals surface area contributed by atoms with Gasteiger partial charge in [0.2, 0.25) is 0 Å².